The summed E-state index contributed by atoms with van der Waals surface area (Å²) < 4.78 is 32.4. The first-order valence-electron chi connectivity index (χ1n) is 5.40. The normalized spacial score (nSPS) is 10.5. The summed E-state index contributed by atoms with van der Waals surface area (Å²) in [6, 6.07) is 2.90. The van der Waals surface area contributed by atoms with Crippen molar-refractivity contribution in [1.82, 2.24) is 9.78 Å². The van der Waals surface area contributed by atoms with Crippen LogP contribution >= 0.6 is 11.6 Å². The monoisotopic (exact) mass is 286 g/mol. The van der Waals surface area contributed by atoms with Gasteiger partial charge in [-0.05, 0) is 19.1 Å². The Morgan fingerprint density at radius 3 is 2.89 bits per heavy atom. The maximum absolute atomic E-state index is 13.6. The van der Waals surface area contributed by atoms with Crippen LogP contribution < -0.4 is 0 Å². The maximum atomic E-state index is 13.6. The van der Waals surface area contributed by atoms with Crippen molar-refractivity contribution in [3.63, 3.8) is 0 Å². The Labute approximate surface area is 112 Å². The van der Waals surface area contributed by atoms with E-state index in [4.69, 9.17) is 16.3 Å². The van der Waals surface area contributed by atoms with Gasteiger partial charge in [0.2, 0.25) is 0 Å². The van der Waals surface area contributed by atoms with Crippen molar-refractivity contribution in [2.45, 2.75) is 6.92 Å². The summed E-state index contributed by atoms with van der Waals surface area (Å²) in [7, 11) is 0. The van der Waals surface area contributed by atoms with Gasteiger partial charge in [0.15, 0.2) is 5.69 Å². The summed E-state index contributed by atoms with van der Waals surface area (Å²) in [6.45, 7) is 1.80. The van der Waals surface area contributed by atoms with E-state index in [-0.39, 0.29) is 23.0 Å². The van der Waals surface area contributed by atoms with Crippen LogP contribution in [-0.2, 0) is 4.74 Å². The van der Waals surface area contributed by atoms with Gasteiger partial charge in [-0.15, -0.1) is 0 Å². The fraction of sp³-hybridized carbons (Fsp3) is 0.167. The summed E-state index contributed by atoms with van der Waals surface area (Å²) in [4.78, 5) is 11.5. The number of hydrogen-bond donors (Lipinski definition) is 0. The molecule has 2 rings (SSSR count). The second-order valence-corrected chi connectivity index (χ2v) is 3.99. The number of benzene rings is 1. The number of carbonyl (C=O) groups is 1. The maximum Gasteiger partial charge on any atom is 0.360 e. The van der Waals surface area contributed by atoms with Crippen molar-refractivity contribution in [2.24, 2.45) is 0 Å². The van der Waals surface area contributed by atoms with Crippen LogP contribution in [0.15, 0.2) is 24.4 Å². The smallest absolute Gasteiger partial charge is 0.360 e. The molecule has 2 aromatic rings. The van der Waals surface area contributed by atoms with Gasteiger partial charge in [-0.2, -0.15) is 5.10 Å². The highest BCUT2D eigenvalue weighted by Gasteiger charge is 2.18. The van der Waals surface area contributed by atoms with E-state index >= 15 is 0 Å². The number of aromatic nitrogens is 2. The summed E-state index contributed by atoms with van der Waals surface area (Å²) in [6.07, 6.45) is 1.21. The Bertz CT molecular complexity index is 628. The summed E-state index contributed by atoms with van der Waals surface area (Å²) in [5.74, 6) is -2.03. The fourth-order valence-corrected chi connectivity index (χ4v) is 1.68. The lowest BCUT2D eigenvalue weighted by Crippen LogP contribution is -2.07. The van der Waals surface area contributed by atoms with Crippen molar-refractivity contribution >= 4 is 17.6 Å². The number of ether oxygens (including phenoxy) is 1. The molecule has 0 aliphatic carbocycles. The number of carbonyl (C=O) groups excluding carboxylic acids is 1. The Hall–Kier alpha value is -1.95. The average molecular weight is 287 g/mol. The largest absolute Gasteiger partial charge is 0.461 e. The molecule has 0 unspecified atom stereocenters. The molecule has 1 aromatic carbocycles. The van der Waals surface area contributed by atoms with Gasteiger partial charge in [0.25, 0.3) is 0 Å². The van der Waals surface area contributed by atoms with E-state index in [1.807, 2.05) is 0 Å². The van der Waals surface area contributed by atoms with Gasteiger partial charge < -0.3 is 4.74 Å². The highest BCUT2D eigenvalue weighted by atomic mass is 35.5. The molecular weight excluding hydrogens is 278 g/mol. The molecule has 0 saturated heterocycles. The standard InChI is InChI=1S/C12H9ClF2N2O2/c1-2-19-12(18)11-8(13)6-17(16-11)10-5-7(14)3-4-9(10)15/h3-6H,2H2,1H3. The topological polar surface area (TPSA) is 44.1 Å². The molecule has 0 aliphatic rings. The van der Waals surface area contributed by atoms with Crippen LogP contribution in [0.25, 0.3) is 5.69 Å². The van der Waals surface area contributed by atoms with Crippen molar-refractivity contribution < 1.29 is 18.3 Å². The predicted molar refractivity (Wildman–Crippen MR) is 64.4 cm³/mol. The predicted octanol–water partition coefficient (Wildman–Crippen LogP) is 2.98. The van der Waals surface area contributed by atoms with Crippen molar-refractivity contribution in [3.8, 4) is 5.69 Å². The van der Waals surface area contributed by atoms with Crippen LogP contribution in [0.2, 0.25) is 5.02 Å². The molecule has 7 heteroatoms. The Kier molecular flexibility index (Phi) is 3.80. The van der Waals surface area contributed by atoms with Gasteiger partial charge in [0, 0.05) is 6.07 Å². The van der Waals surface area contributed by atoms with Crippen molar-refractivity contribution in [1.29, 1.82) is 0 Å². The van der Waals surface area contributed by atoms with Gasteiger partial charge in [-0.3, -0.25) is 0 Å². The lowest BCUT2D eigenvalue weighted by molar-refractivity contribution is 0.0519. The van der Waals surface area contributed by atoms with Gasteiger partial charge in [0.05, 0.1) is 17.8 Å². The quantitative estimate of drug-likeness (QED) is 0.815. The zero-order valence-corrected chi connectivity index (χ0v) is 10.6. The summed E-state index contributed by atoms with van der Waals surface area (Å²) in [5.41, 5.74) is -0.287. The SMILES string of the molecule is CCOC(=O)c1nn(-c2cc(F)ccc2F)cc1Cl. The average Bonchev–Trinajstić information content (AvgIpc) is 2.74. The Morgan fingerprint density at radius 1 is 1.47 bits per heavy atom. The fourth-order valence-electron chi connectivity index (χ4n) is 1.48. The molecule has 1 heterocycles. The van der Waals surface area contributed by atoms with E-state index in [2.05, 4.69) is 5.10 Å². The molecule has 0 saturated carbocycles. The Balaban J connectivity index is 2.44. The van der Waals surface area contributed by atoms with Crippen LogP contribution in [0.1, 0.15) is 17.4 Å². The number of nitrogens with zero attached hydrogens (tertiary/aromatic N) is 2. The number of halogens is 3. The van der Waals surface area contributed by atoms with Gasteiger partial charge >= 0.3 is 5.97 Å². The molecule has 0 radical (unpaired) electrons. The van der Waals surface area contributed by atoms with Gasteiger partial charge in [0.1, 0.15) is 17.3 Å². The third kappa shape index (κ3) is 2.73. The molecule has 4 nitrogen and oxygen atoms in total. The minimum atomic E-state index is -0.719. The van der Waals surface area contributed by atoms with Crippen LogP contribution in [0, 0.1) is 11.6 Å². The van der Waals surface area contributed by atoms with Crippen LogP contribution in [0.5, 0.6) is 0 Å². The van der Waals surface area contributed by atoms with E-state index in [9.17, 15) is 13.6 Å². The molecule has 0 amide bonds. The van der Waals surface area contributed by atoms with E-state index in [0.717, 1.165) is 22.9 Å². The molecule has 0 spiro atoms. The van der Waals surface area contributed by atoms with Crippen molar-refractivity contribution in [3.05, 3.63) is 46.7 Å². The zero-order chi connectivity index (χ0) is 14.0. The van der Waals surface area contributed by atoms with Crippen LogP contribution in [0.4, 0.5) is 8.78 Å². The molecule has 1 aromatic heterocycles. The minimum Gasteiger partial charge on any atom is -0.461 e. The highest BCUT2D eigenvalue weighted by Crippen LogP contribution is 2.20. The first-order chi connectivity index (χ1) is 9.02. The second-order valence-electron chi connectivity index (χ2n) is 3.59. The minimum absolute atomic E-state index is 0.00195. The summed E-state index contributed by atoms with van der Waals surface area (Å²) >= 11 is 5.82. The summed E-state index contributed by atoms with van der Waals surface area (Å²) in [5, 5.41) is 3.81. The highest BCUT2D eigenvalue weighted by molar-refractivity contribution is 6.33. The molecule has 100 valence electrons. The second kappa shape index (κ2) is 5.36. The zero-order valence-electron chi connectivity index (χ0n) is 9.86. The third-order valence-corrected chi connectivity index (χ3v) is 2.57. The Morgan fingerprint density at radius 2 is 2.21 bits per heavy atom. The van der Waals surface area contributed by atoms with Crippen LogP contribution in [0.3, 0.4) is 0 Å². The molecule has 0 aliphatic heterocycles. The molecule has 19 heavy (non-hydrogen) atoms. The number of rotatable bonds is 3. The lowest BCUT2D eigenvalue weighted by Gasteiger charge is -2.02. The third-order valence-electron chi connectivity index (χ3n) is 2.29. The lowest BCUT2D eigenvalue weighted by atomic mass is 10.3. The number of esters is 1. The van der Waals surface area contributed by atoms with Crippen LogP contribution in [-0.4, -0.2) is 22.4 Å². The number of hydrogen-bond acceptors (Lipinski definition) is 3. The van der Waals surface area contributed by atoms with E-state index in [1.54, 1.807) is 6.92 Å². The molecule has 0 N–H and O–H groups in total. The van der Waals surface area contributed by atoms with Crippen molar-refractivity contribution in [2.75, 3.05) is 6.61 Å². The first-order valence-corrected chi connectivity index (χ1v) is 5.78. The first kappa shape index (κ1) is 13.5. The van der Waals surface area contributed by atoms with Gasteiger partial charge in [-0.1, -0.05) is 11.6 Å². The molecular formula is C12H9ClF2N2O2. The van der Waals surface area contributed by atoms with Gasteiger partial charge in [-0.25, -0.2) is 18.3 Å². The van der Waals surface area contributed by atoms with E-state index < -0.39 is 17.6 Å². The van der Waals surface area contributed by atoms with E-state index in [0.29, 0.717) is 0 Å². The molecule has 0 bridgehead atoms. The molecule has 0 atom stereocenters. The van der Waals surface area contributed by atoms with E-state index in [1.165, 1.54) is 6.20 Å². The molecule has 0 fully saturated rings.